The van der Waals surface area contributed by atoms with E-state index < -0.39 is 0 Å². The zero-order valence-electron chi connectivity index (χ0n) is 6.23. The average Bonchev–Trinajstić information content (AvgIpc) is 2.86. The highest BCUT2D eigenvalue weighted by atomic mass is 16.5. The van der Waals surface area contributed by atoms with Crippen molar-refractivity contribution in [3.05, 3.63) is 18.5 Å². The van der Waals surface area contributed by atoms with E-state index in [1.807, 2.05) is 0 Å². The van der Waals surface area contributed by atoms with Crippen LogP contribution in [-0.2, 0) is 0 Å². The zero-order valence-corrected chi connectivity index (χ0v) is 6.23. The molecule has 0 saturated heterocycles. The standard InChI is InChI=1S/C8H10N2O/c1-4-9-8(10-5-1)11-6-7-2-3-7/h1,4-5,7H,2-3,6H2. The molecule has 0 amide bonds. The Bertz CT molecular complexity index is 221. The largest absolute Gasteiger partial charge is 0.463 e. The van der Waals surface area contributed by atoms with Crippen LogP contribution < -0.4 is 4.74 Å². The molecule has 1 aliphatic carbocycles. The first-order valence-electron chi connectivity index (χ1n) is 3.85. The maximum absolute atomic E-state index is 5.31. The number of rotatable bonds is 3. The van der Waals surface area contributed by atoms with E-state index in [-0.39, 0.29) is 0 Å². The summed E-state index contributed by atoms with van der Waals surface area (Å²) >= 11 is 0. The van der Waals surface area contributed by atoms with Crippen LogP contribution >= 0.6 is 0 Å². The molecule has 3 heteroatoms. The summed E-state index contributed by atoms with van der Waals surface area (Å²) in [6.07, 6.45) is 5.98. The third-order valence-electron chi connectivity index (χ3n) is 1.69. The minimum absolute atomic E-state index is 0.499. The summed E-state index contributed by atoms with van der Waals surface area (Å²) < 4.78 is 5.31. The predicted octanol–water partition coefficient (Wildman–Crippen LogP) is 1.27. The molecule has 1 heterocycles. The normalized spacial score (nSPS) is 16.4. The summed E-state index contributed by atoms with van der Waals surface area (Å²) in [4.78, 5) is 7.89. The predicted molar refractivity (Wildman–Crippen MR) is 40.3 cm³/mol. The molecule has 0 unspecified atom stereocenters. The van der Waals surface area contributed by atoms with Crippen LogP contribution in [0, 0.1) is 5.92 Å². The highest BCUT2D eigenvalue weighted by Gasteiger charge is 2.22. The molecule has 0 N–H and O–H groups in total. The molecule has 11 heavy (non-hydrogen) atoms. The van der Waals surface area contributed by atoms with Crippen molar-refractivity contribution < 1.29 is 4.74 Å². The summed E-state index contributed by atoms with van der Waals surface area (Å²) in [5.74, 6) is 0.763. The van der Waals surface area contributed by atoms with Crippen molar-refractivity contribution >= 4 is 0 Å². The van der Waals surface area contributed by atoms with Gasteiger partial charge in [0, 0.05) is 12.4 Å². The monoisotopic (exact) mass is 150 g/mol. The Balaban J connectivity index is 1.85. The third kappa shape index (κ3) is 1.90. The SMILES string of the molecule is c1cnc(OCC2CC2)nc1. The van der Waals surface area contributed by atoms with E-state index in [1.165, 1.54) is 12.8 Å². The fraction of sp³-hybridized carbons (Fsp3) is 0.500. The van der Waals surface area contributed by atoms with Gasteiger partial charge in [-0.05, 0) is 24.8 Å². The highest BCUT2D eigenvalue weighted by molar-refractivity contribution is 4.93. The van der Waals surface area contributed by atoms with Gasteiger partial charge in [0.15, 0.2) is 0 Å². The van der Waals surface area contributed by atoms with Crippen molar-refractivity contribution in [2.24, 2.45) is 5.92 Å². The molecule has 2 rings (SSSR count). The minimum Gasteiger partial charge on any atom is -0.463 e. The summed E-state index contributed by atoms with van der Waals surface area (Å²) in [7, 11) is 0. The van der Waals surface area contributed by atoms with Gasteiger partial charge in [0.1, 0.15) is 0 Å². The van der Waals surface area contributed by atoms with E-state index in [2.05, 4.69) is 9.97 Å². The van der Waals surface area contributed by atoms with Gasteiger partial charge in [-0.15, -0.1) is 0 Å². The van der Waals surface area contributed by atoms with Gasteiger partial charge >= 0.3 is 6.01 Å². The Morgan fingerprint density at radius 1 is 1.36 bits per heavy atom. The summed E-state index contributed by atoms with van der Waals surface area (Å²) in [5, 5.41) is 0. The summed E-state index contributed by atoms with van der Waals surface area (Å²) in [5.41, 5.74) is 0. The van der Waals surface area contributed by atoms with Crippen LogP contribution in [0.15, 0.2) is 18.5 Å². The van der Waals surface area contributed by atoms with Crippen molar-refractivity contribution in [3.8, 4) is 6.01 Å². The van der Waals surface area contributed by atoms with Crippen LogP contribution in [0.2, 0.25) is 0 Å². The third-order valence-corrected chi connectivity index (χ3v) is 1.69. The second kappa shape index (κ2) is 2.86. The molecule has 0 spiro atoms. The van der Waals surface area contributed by atoms with Crippen LogP contribution in [0.4, 0.5) is 0 Å². The number of aromatic nitrogens is 2. The lowest BCUT2D eigenvalue weighted by Crippen LogP contribution is -2.01. The van der Waals surface area contributed by atoms with Crippen LogP contribution in [-0.4, -0.2) is 16.6 Å². The molecule has 1 aromatic heterocycles. The van der Waals surface area contributed by atoms with Gasteiger partial charge in [-0.2, -0.15) is 0 Å². The van der Waals surface area contributed by atoms with Crippen LogP contribution in [0.3, 0.4) is 0 Å². The highest BCUT2D eigenvalue weighted by Crippen LogP contribution is 2.28. The first-order chi connectivity index (χ1) is 5.45. The molecule has 1 saturated carbocycles. The Labute approximate surface area is 65.4 Å². The van der Waals surface area contributed by atoms with E-state index in [0.717, 1.165) is 12.5 Å². The van der Waals surface area contributed by atoms with Gasteiger partial charge in [0.25, 0.3) is 0 Å². The van der Waals surface area contributed by atoms with E-state index >= 15 is 0 Å². The first-order valence-corrected chi connectivity index (χ1v) is 3.85. The fourth-order valence-electron chi connectivity index (χ4n) is 0.837. The fourth-order valence-corrected chi connectivity index (χ4v) is 0.837. The van der Waals surface area contributed by atoms with Crippen molar-refractivity contribution in [3.63, 3.8) is 0 Å². The molecule has 3 nitrogen and oxygen atoms in total. The molecular weight excluding hydrogens is 140 g/mol. The number of nitrogens with zero attached hydrogens (tertiary/aromatic N) is 2. The Morgan fingerprint density at radius 2 is 2.09 bits per heavy atom. The molecule has 0 aliphatic heterocycles. The molecule has 1 aliphatic rings. The van der Waals surface area contributed by atoms with Crippen molar-refractivity contribution in [2.45, 2.75) is 12.8 Å². The Hall–Kier alpha value is -1.12. The number of hydrogen-bond acceptors (Lipinski definition) is 3. The van der Waals surface area contributed by atoms with Crippen LogP contribution in [0.25, 0.3) is 0 Å². The maximum Gasteiger partial charge on any atom is 0.316 e. The van der Waals surface area contributed by atoms with Crippen LogP contribution in [0.5, 0.6) is 6.01 Å². The molecule has 1 fully saturated rings. The molecule has 1 aromatic rings. The summed E-state index contributed by atoms with van der Waals surface area (Å²) in [6, 6.07) is 2.28. The van der Waals surface area contributed by atoms with E-state index in [9.17, 15) is 0 Å². The lowest BCUT2D eigenvalue weighted by Gasteiger charge is -1.99. The minimum atomic E-state index is 0.499. The molecule has 58 valence electrons. The second-order valence-electron chi connectivity index (χ2n) is 2.79. The van der Waals surface area contributed by atoms with Gasteiger partial charge in [-0.25, -0.2) is 9.97 Å². The van der Waals surface area contributed by atoms with E-state index in [4.69, 9.17) is 4.74 Å². The first kappa shape index (κ1) is 6.58. The quantitative estimate of drug-likeness (QED) is 0.650. The second-order valence-corrected chi connectivity index (χ2v) is 2.79. The van der Waals surface area contributed by atoms with Gasteiger partial charge < -0.3 is 4.74 Å². The zero-order chi connectivity index (χ0) is 7.52. The maximum atomic E-state index is 5.31. The van der Waals surface area contributed by atoms with Crippen molar-refractivity contribution in [1.82, 2.24) is 9.97 Å². The van der Waals surface area contributed by atoms with Gasteiger partial charge in [-0.3, -0.25) is 0 Å². The number of ether oxygens (including phenoxy) is 1. The Morgan fingerprint density at radius 3 is 2.73 bits per heavy atom. The lowest BCUT2D eigenvalue weighted by molar-refractivity contribution is 0.276. The Kier molecular flexibility index (Phi) is 1.71. The van der Waals surface area contributed by atoms with Gasteiger partial charge in [0.2, 0.25) is 0 Å². The smallest absolute Gasteiger partial charge is 0.316 e. The van der Waals surface area contributed by atoms with Crippen LogP contribution in [0.1, 0.15) is 12.8 Å². The van der Waals surface area contributed by atoms with Crippen molar-refractivity contribution in [1.29, 1.82) is 0 Å². The average molecular weight is 150 g/mol. The molecule has 0 aromatic carbocycles. The molecular formula is C8H10N2O. The van der Waals surface area contributed by atoms with E-state index in [1.54, 1.807) is 18.5 Å². The summed E-state index contributed by atoms with van der Waals surface area (Å²) in [6.45, 7) is 0.782. The van der Waals surface area contributed by atoms with Crippen molar-refractivity contribution in [2.75, 3.05) is 6.61 Å². The van der Waals surface area contributed by atoms with Gasteiger partial charge in [-0.1, -0.05) is 0 Å². The lowest BCUT2D eigenvalue weighted by atomic mass is 10.5. The number of hydrogen-bond donors (Lipinski definition) is 0. The van der Waals surface area contributed by atoms with Gasteiger partial charge in [0.05, 0.1) is 6.61 Å². The molecule has 0 radical (unpaired) electrons. The van der Waals surface area contributed by atoms with E-state index in [0.29, 0.717) is 6.01 Å². The molecule has 0 atom stereocenters. The topological polar surface area (TPSA) is 35.0 Å². The molecule has 0 bridgehead atoms.